The predicted molar refractivity (Wildman–Crippen MR) is 77.1 cm³/mol. The van der Waals surface area contributed by atoms with E-state index >= 15 is 0 Å². The number of halogens is 3. The molecule has 0 radical (unpaired) electrons. The van der Waals surface area contributed by atoms with Gasteiger partial charge in [0.2, 0.25) is 0 Å². The fourth-order valence-corrected chi connectivity index (χ4v) is 5.17. The van der Waals surface area contributed by atoms with Crippen molar-refractivity contribution in [2.75, 3.05) is 0 Å². The molecule has 0 fully saturated rings. The van der Waals surface area contributed by atoms with Gasteiger partial charge in [-0.25, -0.2) is 0 Å². The van der Waals surface area contributed by atoms with E-state index in [-0.39, 0.29) is 5.78 Å². The fraction of sp³-hybridized carbons (Fsp3) is 0.100. The van der Waals surface area contributed by atoms with Gasteiger partial charge in [-0.1, -0.05) is 11.6 Å². The molecule has 0 saturated heterocycles. The summed E-state index contributed by atoms with van der Waals surface area (Å²) in [6.45, 7) is 0. The number of rotatable bonds is 3. The second-order valence-corrected chi connectivity index (χ2v) is 8.59. The second kappa shape index (κ2) is 5.31. The molecule has 6 heteroatoms. The summed E-state index contributed by atoms with van der Waals surface area (Å²) in [7, 11) is 0. The SMILES string of the molecule is O=C(Cc1ccc(Cl)s1)c1cc(Br)sc1Br. The van der Waals surface area contributed by atoms with E-state index in [9.17, 15) is 4.79 Å². The van der Waals surface area contributed by atoms with Gasteiger partial charge in [-0.05, 0) is 50.1 Å². The van der Waals surface area contributed by atoms with Crippen molar-refractivity contribution in [1.82, 2.24) is 0 Å². The van der Waals surface area contributed by atoms with Gasteiger partial charge in [0.05, 0.1) is 11.9 Å². The first-order valence-corrected chi connectivity index (χ1v) is 7.88. The number of carbonyl (C=O) groups excluding carboxylic acids is 1. The summed E-state index contributed by atoms with van der Waals surface area (Å²) < 4.78 is 2.53. The van der Waals surface area contributed by atoms with Crippen LogP contribution in [0.3, 0.4) is 0 Å². The van der Waals surface area contributed by atoms with Crippen LogP contribution in [0.1, 0.15) is 15.2 Å². The third kappa shape index (κ3) is 2.96. The number of hydrogen-bond donors (Lipinski definition) is 0. The first-order chi connectivity index (χ1) is 7.56. The number of ketones is 1. The van der Waals surface area contributed by atoms with E-state index in [0.717, 1.165) is 18.0 Å². The normalized spacial score (nSPS) is 10.7. The molecule has 0 aliphatic carbocycles. The molecule has 2 rings (SSSR count). The van der Waals surface area contributed by atoms with Crippen molar-refractivity contribution in [3.05, 3.63) is 40.5 Å². The molecule has 2 aromatic rings. The Kier molecular flexibility index (Phi) is 4.24. The third-order valence-electron chi connectivity index (χ3n) is 1.92. The first kappa shape index (κ1) is 12.8. The second-order valence-electron chi connectivity index (χ2n) is 3.04. The van der Waals surface area contributed by atoms with Crippen LogP contribution in [-0.4, -0.2) is 5.78 Å². The highest BCUT2D eigenvalue weighted by Gasteiger charge is 2.14. The minimum Gasteiger partial charge on any atom is -0.294 e. The van der Waals surface area contributed by atoms with Gasteiger partial charge in [-0.2, -0.15) is 0 Å². The average molecular weight is 401 g/mol. The van der Waals surface area contributed by atoms with Crippen LogP contribution in [0.2, 0.25) is 4.34 Å². The summed E-state index contributed by atoms with van der Waals surface area (Å²) in [5, 5.41) is 0. The molecule has 0 spiro atoms. The van der Waals surface area contributed by atoms with Gasteiger partial charge in [0.25, 0.3) is 0 Å². The van der Waals surface area contributed by atoms with Gasteiger partial charge < -0.3 is 0 Å². The summed E-state index contributed by atoms with van der Waals surface area (Å²) in [4.78, 5) is 13.0. The van der Waals surface area contributed by atoms with E-state index < -0.39 is 0 Å². The molecule has 0 aromatic carbocycles. The quantitative estimate of drug-likeness (QED) is 0.629. The molecule has 16 heavy (non-hydrogen) atoms. The molecule has 0 saturated carbocycles. The van der Waals surface area contributed by atoms with E-state index in [1.165, 1.54) is 22.7 Å². The van der Waals surface area contributed by atoms with Crippen molar-refractivity contribution in [1.29, 1.82) is 0 Å². The molecule has 0 bridgehead atoms. The van der Waals surface area contributed by atoms with Crippen LogP contribution in [0.4, 0.5) is 0 Å². The Morgan fingerprint density at radius 3 is 2.56 bits per heavy atom. The van der Waals surface area contributed by atoms with Crippen LogP contribution in [0.25, 0.3) is 0 Å². The Balaban J connectivity index is 2.17. The summed E-state index contributed by atoms with van der Waals surface area (Å²) in [6.07, 6.45) is 0.402. The van der Waals surface area contributed by atoms with Crippen molar-refractivity contribution in [3.8, 4) is 0 Å². The molecule has 2 heterocycles. The van der Waals surface area contributed by atoms with E-state index in [4.69, 9.17) is 11.6 Å². The van der Waals surface area contributed by atoms with Crippen LogP contribution in [-0.2, 0) is 6.42 Å². The molecule has 84 valence electrons. The Morgan fingerprint density at radius 2 is 2.06 bits per heavy atom. The zero-order valence-corrected chi connectivity index (χ0v) is 13.4. The van der Waals surface area contributed by atoms with Gasteiger partial charge in [0, 0.05) is 16.9 Å². The molecular weight excluding hydrogens is 396 g/mol. The minimum absolute atomic E-state index is 0.104. The number of carbonyl (C=O) groups is 1. The number of Topliss-reactive ketones (excluding diaryl/α,β-unsaturated/α-hetero) is 1. The summed E-state index contributed by atoms with van der Waals surface area (Å²) >= 11 is 15.5. The van der Waals surface area contributed by atoms with Gasteiger partial charge in [-0.15, -0.1) is 22.7 Å². The van der Waals surface area contributed by atoms with Crippen molar-refractivity contribution in [2.45, 2.75) is 6.42 Å². The third-order valence-corrected chi connectivity index (χ3v) is 5.49. The highest BCUT2D eigenvalue weighted by Crippen LogP contribution is 2.33. The standard InChI is InChI=1S/C10H5Br2ClOS2/c11-8-4-6(10(12)16-8)7(14)3-5-1-2-9(13)15-5/h1-2,4H,3H2. The smallest absolute Gasteiger partial charge is 0.170 e. The van der Waals surface area contributed by atoms with Crippen LogP contribution >= 0.6 is 66.1 Å². The van der Waals surface area contributed by atoms with E-state index in [1.807, 2.05) is 18.2 Å². The molecule has 0 N–H and O–H groups in total. The molecule has 0 aliphatic heterocycles. The van der Waals surface area contributed by atoms with Gasteiger partial charge in [0.1, 0.15) is 0 Å². The van der Waals surface area contributed by atoms with Gasteiger partial charge in [-0.3, -0.25) is 4.79 Å². The maximum absolute atomic E-state index is 12.0. The lowest BCUT2D eigenvalue weighted by atomic mass is 10.1. The lowest BCUT2D eigenvalue weighted by molar-refractivity contribution is 0.0993. The maximum Gasteiger partial charge on any atom is 0.170 e. The van der Waals surface area contributed by atoms with Crippen molar-refractivity contribution >= 4 is 71.9 Å². The average Bonchev–Trinajstić information content (AvgIpc) is 2.73. The molecular formula is C10H5Br2ClOS2. The van der Waals surface area contributed by atoms with E-state index in [0.29, 0.717) is 10.8 Å². The van der Waals surface area contributed by atoms with Gasteiger partial charge in [0.15, 0.2) is 5.78 Å². The number of thiophene rings is 2. The largest absolute Gasteiger partial charge is 0.294 e. The predicted octanol–water partition coefficient (Wildman–Crippen LogP) is 5.41. The molecule has 0 unspecified atom stereocenters. The Bertz CT molecular complexity index is 533. The van der Waals surface area contributed by atoms with E-state index in [1.54, 1.807) is 0 Å². The molecule has 0 atom stereocenters. The van der Waals surface area contributed by atoms with Crippen molar-refractivity contribution in [2.24, 2.45) is 0 Å². The highest BCUT2D eigenvalue weighted by molar-refractivity contribution is 9.12. The molecule has 1 nitrogen and oxygen atoms in total. The molecule has 2 aromatic heterocycles. The molecule has 0 amide bonds. The topological polar surface area (TPSA) is 17.1 Å². The Labute approximate surface area is 123 Å². The minimum atomic E-state index is 0.104. The lowest BCUT2D eigenvalue weighted by Gasteiger charge is -1.96. The van der Waals surface area contributed by atoms with Crippen LogP contribution < -0.4 is 0 Å². The van der Waals surface area contributed by atoms with Gasteiger partial charge >= 0.3 is 0 Å². The fourth-order valence-electron chi connectivity index (χ4n) is 1.23. The summed E-state index contributed by atoms with van der Waals surface area (Å²) in [6, 6.07) is 5.54. The Hall–Kier alpha value is 0.320. The zero-order valence-electron chi connectivity index (χ0n) is 7.80. The van der Waals surface area contributed by atoms with Crippen molar-refractivity contribution < 1.29 is 4.79 Å². The van der Waals surface area contributed by atoms with Crippen molar-refractivity contribution in [3.63, 3.8) is 0 Å². The summed E-state index contributed by atoms with van der Waals surface area (Å²) in [5.41, 5.74) is 0.724. The zero-order chi connectivity index (χ0) is 11.7. The number of hydrogen-bond acceptors (Lipinski definition) is 3. The Morgan fingerprint density at radius 1 is 1.31 bits per heavy atom. The summed E-state index contributed by atoms with van der Waals surface area (Å²) in [5.74, 6) is 0.104. The van der Waals surface area contributed by atoms with E-state index in [2.05, 4.69) is 31.9 Å². The van der Waals surface area contributed by atoms with Crippen LogP contribution in [0.5, 0.6) is 0 Å². The monoisotopic (exact) mass is 398 g/mol. The lowest BCUT2D eigenvalue weighted by Crippen LogP contribution is -2.00. The van der Waals surface area contributed by atoms with Crippen LogP contribution in [0, 0.1) is 0 Å². The van der Waals surface area contributed by atoms with Crippen LogP contribution in [0.15, 0.2) is 25.8 Å². The maximum atomic E-state index is 12.0. The molecule has 0 aliphatic rings. The highest BCUT2D eigenvalue weighted by atomic mass is 79.9. The first-order valence-electron chi connectivity index (χ1n) is 4.28.